The van der Waals surface area contributed by atoms with Crippen LogP contribution in [0.2, 0.25) is 0 Å². The topological polar surface area (TPSA) is 77.1 Å². The fourth-order valence-electron chi connectivity index (χ4n) is 3.74. The number of fused-ring (bicyclic) bond motifs is 1. The number of hydrogen-bond acceptors (Lipinski definition) is 5. The first-order chi connectivity index (χ1) is 16.5. The average Bonchev–Trinajstić information content (AvgIpc) is 2.85. The van der Waals surface area contributed by atoms with Crippen LogP contribution in [0.3, 0.4) is 0 Å². The molecule has 0 radical (unpaired) electrons. The fourth-order valence-corrected chi connectivity index (χ4v) is 3.74. The van der Waals surface area contributed by atoms with Crippen LogP contribution in [-0.4, -0.2) is 31.6 Å². The van der Waals surface area contributed by atoms with Crippen molar-refractivity contribution in [2.45, 2.75) is 32.4 Å². The number of anilines is 2. The zero-order valence-electron chi connectivity index (χ0n) is 19.3. The number of hydrogen-bond donors (Lipinski definition) is 1. The van der Waals surface area contributed by atoms with Crippen molar-refractivity contribution in [3.8, 4) is 17.2 Å². The molecule has 1 unspecified atom stereocenters. The van der Waals surface area contributed by atoms with Crippen molar-refractivity contribution in [3.63, 3.8) is 0 Å². The Bertz CT molecular complexity index is 1130. The molecule has 2 amide bonds. The summed E-state index contributed by atoms with van der Waals surface area (Å²) in [4.78, 5) is 26.9. The summed E-state index contributed by atoms with van der Waals surface area (Å²) < 4.78 is 16.6. The zero-order chi connectivity index (χ0) is 23.9. The molecule has 0 fully saturated rings. The van der Waals surface area contributed by atoms with Crippen LogP contribution in [0.4, 0.5) is 11.4 Å². The van der Waals surface area contributed by atoms with Gasteiger partial charge in [-0.25, -0.2) is 0 Å². The van der Waals surface area contributed by atoms with E-state index in [4.69, 9.17) is 14.2 Å². The van der Waals surface area contributed by atoms with E-state index in [9.17, 15) is 9.59 Å². The molecule has 0 aromatic heterocycles. The van der Waals surface area contributed by atoms with E-state index >= 15 is 0 Å². The van der Waals surface area contributed by atoms with Gasteiger partial charge in [-0.05, 0) is 55.3 Å². The Hall–Kier alpha value is -4.00. The molecule has 3 aromatic rings. The molecule has 7 heteroatoms. The van der Waals surface area contributed by atoms with Gasteiger partial charge in [0.15, 0.2) is 6.10 Å². The van der Waals surface area contributed by atoms with Gasteiger partial charge in [-0.3, -0.25) is 9.59 Å². The number of carbonyl (C=O) groups is 2. The molecule has 1 aliphatic heterocycles. The Morgan fingerprint density at radius 2 is 1.76 bits per heavy atom. The molecule has 0 saturated heterocycles. The standard InChI is InChI=1S/C27H28N2O5/c1-19-27(31)29(18-20-7-4-3-5-8-20)24-15-10-21(17-25(24)34-19)28-26(30)9-6-16-33-23-13-11-22(32-2)12-14-23/h3-5,7-8,10-15,17,19H,6,9,16,18H2,1-2H3,(H,28,30). The number of amides is 2. The highest BCUT2D eigenvalue weighted by Crippen LogP contribution is 2.37. The first-order valence-corrected chi connectivity index (χ1v) is 11.3. The third kappa shape index (κ3) is 5.67. The lowest BCUT2D eigenvalue weighted by Gasteiger charge is -2.33. The first-order valence-electron chi connectivity index (χ1n) is 11.3. The molecule has 176 valence electrons. The summed E-state index contributed by atoms with van der Waals surface area (Å²) in [5.41, 5.74) is 2.35. The Kier molecular flexibility index (Phi) is 7.32. The smallest absolute Gasteiger partial charge is 0.268 e. The van der Waals surface area contributed by atoms with Crippen LogP contribution >= 0.6 is 0 Å². The van der Waals surface area contributed by atoms with Gasteiger partial charge in [0.05, 0.1) is 25.9 Å². The summed E-state index contributed by atoms with van der Waals surface area (Å²) in [6.07, 6.45) is 0.302. The SMILES string of the molecule is COc1ccc(OCCCC(=O)Nc2ccc3c(c2)OC(C)C(=O)N3Cc2ccccc2)cc1. The van der Waals surface area contributed by atoms with Crippen LogP contribution in [0, 0.1) is 0 Å². The van der Waals surface area contributed by atoms with Gasteiger partial charge in [0, 0.05) is 18.2 Å². The molecule has 1 aliphatic rings. The second-order valence-electron chi connectivity index (χ2n) is 8.03. The minimum Gasteiger partial charge on any atom is -0.497 e. The molecule has 0 aliphatic carbocycles. The van der Waals surface area contributed by atoms with Crippen molar-refractivity contribution < 1.29 is 23.8 Å². The average molecular weight is 461 g/mol. The molecular weight excluding hydrogens is 432 g/mol. The monoisotopic (exact) mass is 460 g/mol. The normalized spacial score (nSPS) is 14.7. The van der Waals surface area contributed by atoms with E-state index in [1.165, 1.54) is 0 Å². The van der Waals surface area contributed by atoms with Crippen molar-refractivity contribution >= 4 is 23.2 Å². The van der Waals surface area contributed by atoms with E-state index in [-0.39, 0.29) is 11.8 Å². The third-order valence-electron chi connectivity index (χ3n) is 5.51. The van der Waals surface area contributed by atoms with Gasteiger partial charge in [-0.2, -0.15) is 0 Å². The lowest BCUT2D eigenvalue weighted by molar-refractivity contribution is -0.125. The zero-order valence-corrected chi connectivity index (χ0v) is 19.3. The summed E-state index contributed by atoms with van der Waals surface area (Å²) in [7, 11) is 1.62. The number of benzene rings is 3. The maximum absolute atomic E-state index is 12.7. The summed E-state index contributed by atoms with van der Waals surface area (Å²) in [5, 5.41) is 2.90. The van der Waals surface area contributed by atoms with Gasteiger partial charge in [0.25, 0.3) is 5.91 Å². The van der Waals surface area contributed by atoms with Crippen molar-refractivity contribution in [2.24, 2.45) is 0 Å². The summed E-state index contributed by atoms with van der Waals surface area (Å²) in [6.45, 7) is 2.62. The highest BCUT2D eigenvalue weighted by Gasteiger charge is 2.31. The molecule has 34 heavy (non-hydrogen) atoms. The number of nitrogens with one attached hydrogen (secondary N) is 1. The van der Waals surface area contributed by atoms with Gasteiger partial charge in [-0.15, -0.1) is 0 Å². The fraction of sp³-hybridized carbons (Fsp3) is 0.259. The molecule has 0 spiro atoms. The van der Waals surface area contributed by atoms with E-state index in [1.54, 1.807) is 31.1 Å². The Morgan fingerprint density at radius 1 is 1.03 bits per heavy atom. The number of carbonyl (C=O) groups excluding carboxylic acids is 2. The second-order valence-corrected chi connectivity index (χ2v) is 8.03. The van der Waals surface area contributed by atoms with E-state index in [2.05, 4.69) is 5.32 Å². The Balaban J connectivity index is 1.33. The lowest BCUT2D eigenvalue weighted by atomic mass is 10.1. The predicted octanol–water partition coefficient (Wildman–Crippen LogP) is 4.81. The van der Waals surface area contributed by atoms with Crippen LogP contribution in [0.1, 0.15) is 25.3 Å². The highest BCUT2D eigenvalue weighted by atomic mass is 16.5. The number of nitrogens with zero attached hydrogens (tertiary/aromatic N) is 1. The van der Waals surface area contributed by atoms with Gasteiger partial charge < -0.3 is 24.4 Å². The molecule has 1 N–H and O–H groups in total. The summed E-state index contributed by atoms with van der Waals surface area (Å²) in [5.74, 6) is 1.87. The van der Waals surface area contributed by atoms with E-state index < -0.39 is 6.10 Å². The number of rotatable bonds is 9. The second kappa shape index (κ2) is 10.7. The summed E-state index contributed by atoms with van der Waals surface area (Å²) in [6, 6.07) is 22.5. The quantitative estimate of drug-likeness (QED) is 0.464. The van der Waals surface area contributed by atoms with Gasteiger partial charge >= 0.3 is 0 Å². The maximum Gasteiger partial charge on any atom is 0.268 e. The van der Waals surface area contributed by atoms with Crippen molar-refractivity contribution in [1.82, 2.24) is 0 Å². The van der Waals surface area contributed by atoms with Crippen LogP contribution in [-0.2, 0) is 16.1 Å². The van der Waals surface area contributed by atoms with Gasteiger partial charge in [0.2, 0.25) is 5.91 Å². The lowest BCUT2D eigenvalue weighted by Crippen LogP contribution is -2.44. The third-order valence-corrected chi connectivity index (χ3v) is 5.51. The van der Waals surface area contributed by atoms with Crippen molar-refractivity contribution in [1.29, 1.82) is 0 Å². The molecule has 7 nitrogen and oxygen atoms in total. The molecule has 4 rings (SSSR count). The highest BCUT2D eigenvalue weighted by molar-refractivity contribution is 6.00. The maximum atomic E-state index is 12.7. The molecule has 0 bridgehead atoms. The van der Waals surface area contributed by atoms with Crippen LogP contribution in [0.5, 0.6) is 17.2 Å². The van der Waals surface area contributed by atoms with Crippen LogP contribution in [0.25, 0.3) is 0 Å². The number of ether oxygens (including phenoxy) is 3. The minimum atomic E-state index is -0.600. The molecule has 1 atom stereocenters. The first kappa shape index (κ1) is 23.2. The van der Waals surface area contributed by atoms with E-state index in [0.29, 0.717) is 43.1 Å². The van der Waals surface area contributed by atoms with E-state index in [1.807, 2.05) is 60.7 Å². The van der Waals surface area contributed by atoms with Gasteiger partial charge in [-0.1, -0.05) is 30.3 Å². The minimum absolute atomic E-state index is 0.0926. The van der Waals surface area contributed by atoms with Gasteiger partial charge in [0.1, 0.15) is 17.2 Å². The molecular formula is C27H28N2O5. The van der Waals surface area contributed by atoms with Crippen LogP contribution < -0.4 is 24.4 Å². The van der Waals surface area contributed by atoms with E-state index in [0.717, 1.165) is 17.1 Å². The van der Waals surface area contributed by atoms with Crippen molar-refractivity contribution in [2.75, 3.05) is 23.9 Å². The molecule has 3 aromatic carbocycles. The Labute approximate surface area is 199 Å². The predicted molar refractivity (Wildman–Crippen MR) is 131 cm³/mol. The summed E-state index contributed by atoms with van der Waals surface area (Å²) >= 11 is 0. The van der Waals surface area contributed by atoms with Crippen molar-refractivity contribution in [3.05, 3.63) is 78.4 Å². The van der Waals surface area contributed by atoms with Crippen LogP contribution in [0.15, 0.2) is 72.8 Å². The Morgan fingerprint density at radius 3 is 2.50 bits per heavy atom. The number of methoxy groups -OCH3 is 1. The molecule has 1 heterocycles. The largest absolute Gasteiger partial charge is 0.497 e. The molecule has 0 saturated carbocycles.